The van der Waals surface area contributed by atoms with Crippen LogP contribution in [0, 0.1) is 0 Å². The van der Waals surface area contributed by atoms with Crippen molar-refractivity contribution in [3.05, 3.63) is 11.8 Å². The number of rotatable bonds is 8. The van der Waals surface area contributed by atoms with Gasteiger partial charge in [0.1, 0.15) is 6.04 Å². The van der Waals surface area contributed by atoms with Gasteiger partial charge in [0.15, 0.2) is 0 Å². The molecule has 1 aliphatic carbocycles. The molecule has 1 atom stereocenters. The highest BCUT2D eigenvalue weighted by atomic mass is 32.2. The first-order chi connectivity index (χ1) is 9.95. The van der Waals surface area contributed by atoms with Crippen LogP contribution in [0.4, 0.5) is 0 Å². The zero-order valence-electron chi connectivity index (χ0n) is 12.4. The molecule has 6 nitrogen and oxygen atoms in total. The van der Waals surface area contributed by atoms with Gasteiger partial charge in [0, 0.05) is 24.9 Å². The number of amides is 2. The number of carbonyl (C=O) groups is 3. The first kappa shape index (κ1) is 17.6. The van der Waals surface area contributed by atoms with E-state index in [9.17, 15) is 14.4 Å². The van der Waals surface area contributed by atoms with Crippen molar-refractivity contribution in [1.82, 2.24) is 10.2 Å². The molecule has 0 heterocycles. The molecule has 21 heavy (non-hydrogen) atoms. The van der Waals surface area contributed by atoms with Gasteiger partial charge in [0.2, 0.25) is 11.8 Å². The van der Waals surface area contributed by atoms with Gasteiger partial charge in [0.05, 0.1) is 5.75 Å². The van der Waals surface area contributed by atoms with E-state index < -0.39 is 12.0 Å². The van der Waals surface area contributed by atoms with Crippen molar-refractivity contribution < 1.29 is 19.5 Å². The first-order valence-electron chi connectivity index (χ1n) is 7.02. The molecule has 2 amide bonds. The second-order valence-corrected chi connectivity index (χ2v) is 5.86. The molecular weight excluding hydrogens is 292 g/mol. The number of hydrogen-bond donors (Lipinski definition) is 2. The van der Waals surface area contributed by atoms with Gasteiger partial charge in [-0.1, -0.05) is 6.08 Å². The second kappa shape index (κ2) is 8.71. The van der Waals surface area contributed by atoms with Crippen molar-refractivity contribution in [3.8, 4) is 0 Å². The normalized spacial score (nSPS) is 15.2. The van der Waals surface area contributed by atoms with Crippen molar-refractivity contribution in [2.24, 2.45) is 0 Å². The van der Waals surface area contributed by atoms with Crippen LogP contribution in [-0.4, -0.2) is 51.9 Å². The van der Waals surface area contributed by atoms with Crippen LogP contribution in [0.15, 0.2) is 11.8 Å². The summed E-state index contributed by atoms with van der Waals surface area (Å²) in [6.07, 6.45) is 5.10. The summed E-state index contributed by atoms with van der Waals surface area (Å²) in [6, 6.07) is -0.957. The Hall–Kier alpha value is -1.50. The molecule has 0 saturated heterocycles. The van der Waals surface area contributed by atoms with Crippen LogP contribution < -0.4 is 5.32 Å². The van der Waals surface area contributed by atoms with E-state index in [1.165, 1.54) is 18.7 Å². The monoisotopic (exact) mass is 314 g/mol. The van der Waals surface area contributed by atoms with E-state index in [-0.39, 0.29) is 23.3 Å². The lowest BCUT2D eigenvalue weighted by Crippen LogP contribution is -2.42. The lowest BCUT2D eigenvalue weighted by molar-refractivity contribution is -0.140. The van der Waals surface area contributed by atoms with Crippen molar-refractivity contribution in [2.45, 2.75) is 39.2 Å². The number of carboxylic acids is 1. The maximum Gasteiger partial charge on any atom is 0.327 e. The third kappa shape index (κ3) is 5.79. The highest BCUT2D eigenvalue weighted by Crippen LogP contribution is 2.22. The highest BCUT2D eigenvalue weighted by molar-refractivity contribution is 8.00. The Morgan fingerprint density at radius 2 is 2.19 bits per heavy atom. The molecule has 1 rings (SSSR count). The van der Waals surface area contributed by atoms with E-state index in [0.29, 0.717) is 6.54 Å². The number of thioether (sulfide) groups is 1. The predicted molar refractivity (Wildman–Crippen MR) is 81.9 cm³/mol. The summed E-state index contributed by atoms with van der Waals surface area (Å²) in [5, 5.41) is 11.3. The number of allylic oxidation sites excluding steroid dienone is 2. The van der Waals surface area contributed by atoms with Gasteiger partial charge >= 0.3 is 5.97 Å². The number of aliphatic carboxylic acids is 1. The SMILES string of the molecule is CCN(C(=O)CSC[C@H](NC(C)=O)C(=O)O)C1=CCCC1. The summed E-state index contributed by atoms with van der Waals surface area (Å²) in [4.78, 5) is 35.8. The second-order valence-electron chi connectivity index (χ2n) is 4.83. The molecule has 2 N–H and O–H groups in total. The van der Waals surface area contributed by atoms with Crippen LogP contribution in [0.25, 0.3) is 0 Å². The molecule has 0 radical (unpaired) electrons. The van der Waals surface area contributed by atoms with Crippen LogP contribution in [-0.2, 0) is 14.4 Å². The van der Waals surface area contributed by atoms with Crippen molar-refractivity contribution >= 4 is 29.5 Å². The molecule has 118 valence electrons. The summed E-state index contributed by atoms with van der Waals surface area (Å²) in [5.41, 5.74) is 1.07. The molecule has 0 spiro atoms. The Kier molecular flexibility index (Phi) is 7.28. The number of hydrogen-bond acceptors (Lipinski definition) is 4. The summed E-state index contributed by atoms with van der Waals surface area (Å²) in [5.74, 6) is -1.09. The Bertz CT molecular complexity index is 437. The lowest BCUT2D eigenvalue weighted by Gasteiger charge is -2.22. The lowest BCUT2D eigenvalue weighted by atomic mass is 10.3. The van der Waals surface area contributed by atoms with E-state index in [4.69, 9.17) is 5.11 Å². The third-order valence-electron chi connectivity index (χ3n) is 3.17. The smallest absolute Gasteiger partial charge is 0.327 e. The zero-order valence-corrected chi connectivity index (χ0v) is 13.2. The van der Waals surface area contributed by atoms with Crippen molar-refractivity contribution in [1.29, 1.82) is 0 Å². The fraction of sp³-hybridized carbons (Fsp3) is 0.643. The van der Waals surface area contributed by atoms with E-state index in [1.54, 1.807) is 4.90 Å². The molecule has 1 aliphatic rings. The summed E-state index contributed by atoms with van der Waals surface area (Å²) in [7, 11) is 0. The summed E-state index contributed by atoms with van der Waals surface area (Å²) < 4.78 is 0. The van der Waals surface area contributed by atoms with Crippen LogP contribution >= 0.6 is 11.8 Å². The minimum absolute atomic E-state index is 0.0115. The van der Waals surface area contributed by atoms with E-state index in [2.05, 4.69) is 11.4 Å². The van der Waals surface area contributed by atoms with E-state index in [1.807, 2.05) is 6.92 Å². The third-order valence-corrected chi connectivity index (χ3v) is 4.19. The number of nitrogens with one attached hydrogen (secondary N) is 1. The van der Waals surface area contributed by atoms with Gasteiger partial charge in [-0.05, 0) is 26.2 Å². The molecule has 0 saturated carbocycles. The van der Waals surface area contributed by atoms with Crippen LogP contribution in [0.3, 0.4) is 0 Å². The van der Waals surface area contributed by atoms with Crippen molar-refractivity contribution in [3.63, 3.8) is 0 Å². The Morgan fingerprint density at radius 3 is 2.67 bits per heavy atom. The van der Waals surface area contributed by atoms with Gasteiger partial charge < -0.3 is 15.3 Å². The molecule has 0 bridgehead atoms. The molecule has 0 aromatic carbocycles. The fourth-order valence-electron chi connectivity index (χ4n) is 2.20. The van der Waals surface area contributed by atoms with Crippen LogP contribution in [0.1, 0.15) is 33.1 Å². The quantitative estimate of drug-likeness (QED) is 0.703. The fourth-order valence-corrected chi connectivity index (χ4v) is 3.11. The first-order valence-corrected chi connectivity index (χ1v) is 8.18. The summed E-state index contributed by atoms with van der Waals surface area (Å²) >= 11 is 1.23. The molecule has 0 aromatic rings. The maximum atomic E-state index is 12.2. The Labute approximate surface area is 128 Å². The molecule has 0 aromatic heterocycles. The Balaban J connectivity index is 2.43. The van der Waals surface area contributed by atoms with E-state index >= 15 is 0 Å². The molecule has 0 fully saturated rings. The minimum Gasteiger partial charge on any atom is -0.480 e. The van der Waals surface area contributed by atoms with Gasteiger partial charge in [-0.25, -0.2) is 4.79 Å². The molecule has 7 heteroatoms. The van der Waals surface area contributed by atoms with Gasteiger partial charge in [-0.2, -0.15) is 0 Å². The zero-order chi connectivity index (χ0) is 15.8. The maximum absolute atomic E-state index is 12.2. The average molecular weight is 314 g/mol. The molecule has 0 unspecified atom stereocenters. The Morgan fingerprint density at radius 1 is 1.48 bits per heavy atom. The van der Waals surface area contributed by atoms with E-state index in [0.717, 1.165) is 25.0 Å². The molecule has 0 aliphatic heterocycles. The predicted octanol–water partition coefficient (Wildman–Crippen LogP) is 1.23. The largest absolute Gasteiger partial charge is 0.480 e. The van der Waals surface area contributed by atoms with Gasteiger partial charge in [-0.3, -0.25) is 9.59 Å². The average Bonchev–Trinajstić information content (AvgIpc) is 2.91. The summed E-state index contributed by atoms with van der Waals surface area (Å²) in [6.45, 7) is 3.83. The van der Waals surface area contributed by atoms with Crippen molar-refractivity contribution in [2.75, 3.05) is 18.1 Å². The molecular formula is C14H22N2O4S. The van der Waals surface area contributed by atoms with Gasteiger partial charge in [0.25, 0.3) is 0 Å². The van der Waals surface area contributed by atoms with Crippen LogP contribution in [0.5, 0.6) is 0 Å². The van der Waals surface area contributed by atoms with Gasteiger partial charge in [-0.15, -0.1) is 11.8 Å². The topological polar surface area (TPSA) is 86.7 Å². The van der Waals surface area contributed by atoms with Crippen LogP contribution in [0.2, 0.25) is 0 Å². The highest BCUT2D eigenvalue weighted by Gasteiger charge is 2.21. The number of carbonyl (C=O) groups excluding carboxylic acids is 2. The number of carboxylic acid groups (broad SMARTS) is 1. The minimum atomic E-state index is -1.09. The number of nitrogens with zero attached hydrogens (tertiary/aromatic N) is 1. The standard InChI is InChI=1S/C14H22N2O4S/c1-3-16(11-6-4-5-7-11)13(18)9-21-8-12(14(19)20)15-10(2)17/h6,12H,3-5,7-9H2,1-2H3,(H,15,17)(H,19,20)/t12-/m0/s1.